The average molecular weight is 603 g/mol. The van der Waals surface area contributed by atoms with E-state index in [2.05, 4.69) is 10.3 Å². The van der Waals surface area contributed by atoms with E-state index >= 15 is 0 Å². The topological polar surface area (TPSA) is 113 Å². The third kappa shape index (κ3) is 6.11. The van der Waals surface area contributed by atoms with Gasteiger partial charge >= 0.3 is 5.97 Å². The summed E-state index contributed by atoms with van der Waals surface area (Å²) in [5.41, 5.74) is 6.17. The van der Waals surface area contributed by atoms with Crippen LogP contribution in [0.1, 0.15) is 10.4 Å². The molecule has 4 aromatic carbocycles. The molecule has 218 valence electrons. The Hall–Kier alpha value is -5.61. The number of esters is 1. The van der Waals surface area contributed by atoms with Crippen molar-refractivity contribution in [3.8, 4) is 45.3 Å². The maximum atomic E-state index is 12.9. The lowest BCUT2D eigenvalue weighted by molar-refractivity contribution is -0.119. The molecule has 0 saturated heterocycles. The number of nitrogens with one attached hydrogen (secondary N) is 1. The fraction of sp³-hybridized carbons (Fsp3) is 0.0882. The van der Waals surface area contributed by atoms with Gasteiger partial charge < -0.3 is 14.2 Å². The number of ether oxygens (including phenoxy) is 3. The lowest BCUT2D eigenvalue weighted by atomic mass is 10.0. The molecule has 0 saturated carbocycles. The summed E-state index contributed by atoms with van der Waals surface area (Å²) in [5.74, 6) is 0.0188. The van der Waals surface area contributed by atoms with Gasteiger partial charge in [-0.05, 0) is 36.4 Å². The Morgan fingerprint density at radius 1 is 0.705 bits per heavy atom. The van der Waals surface area contributed by atoms with E-state index in [1.54, 1.807) is 44.6 Å². The Morgan fingerprint density at radius 3 is 2.02 bits per heavy atom. The zero-order valence-corrected chi connectivity index (χ0v) is 24.6. The van der Waals surface area contributed by atoms with Crippen LogP contribution < -0.4 is 14.8 Å². The number of benzene rings is 4. The molecule has 44 heavy (non-hydrogen) atoms. The number of anilines is 1. The van der Waals surface area contributed by atoms with Crippen LogP contribution in [0.25, 0.3) is 44.8 Å². The number of thiazole rings is 1. The fourth-order valence-corrected chi connectivity index (χ4v) is 5.34. The second-order valence-corrected chi connectivity index (χ2v) is 10.4. The van der Waals surface area contributed by atoms with Gasteiger partial charge in [-0.25, -0.2) is 19.7 Å². The van der Waals surface area contributed by atoms with Crippen molar-refractivity contribution < 1.29 is 23.8 Å². The molecule has 1 N–H and O–H groups in total. The molecule has 0 unspecified atom stereocenters. The molecule has 0 fully saturated rings. The number of aromatic nitrogens is 3. The van der Waals surface area contributed by atoms with Gasteiger partial charge in [0.2, 0.25) is 0 Å². The number of amides is 1. The summed E-state index contributed by atoms with van der Waals surface area (Å²) in [6, 6.07) is 30.0. The zero-order chi connectivity index (χ0) is 30.5. The minimum atomic E-state index is -0.651. The van der Waals surface area contributed by atoms with Crippen LogP contribution in [0.5, 0.6) is 11.5 Å². The van der Waals surface area contributed by atoms with Crippen molar-refractivity contribution in [1.29, 1.82) is 0 Å². The van der Waals surface area contributed by atoms with E-state index < -0.39 is 18.5 Å². The summed E-state index contributed by atoms with van der Waals surface area (Å²) < 4.78 is 16.0. The molecule has 0 aliphatic heterocycles. The van der Waals surface area contributed by atoms with E-state index in [0.29, 0.717) is 39.1 Å². The maximum Gasteiger partial charge on any atom is 0.338 e. The quantitative estimate of drug-likeness (QED) is 0.178. The van der Waals surface area contributed by atoms with Crippen LogP contribution in [-0.2, 0) is 9.53 Å². The van der Waals surface area contributed by atoms with Crippen LogP contribution in [0.2, 0.25) is 0 Å². The van der Waals surface area contributed by atoms with Crippen molar-refractivity contribution in [2.75, 3.05) is 26.1 Å². The molecule has 1 amide bonds. The van der Waals surface area contributed by atoms with Crippen LogP contribution in [0, 0.1) is 0 Å². The van der Waals surface area contributed by atoms with E-state index in [-0.39, 0.29) is 5.56 Å². The highest BCUT2D eigenvalue weighted by Crippen LogP contribution is 2.34. The Kier molecular flexibility index (Phi) is 8.24. The van der Waals surface area contributed by atoms with Gasteiger partial charge in [-0.15, -0.1) is 11.3 Å². The van der Waals surface area contributed by atoms with Crippen molar-refractivity contribution in [3.63, 3.8) is 0 Å². The molecule has 10 heteroatoms. The highest BCUT2D eigenvalue weighted by atomic mass is 32.1. The van der Waals surface area contributed by atoms with E-state index in [0.717, 1.165) is 22.4 Å². The first-order valence-electron chi connectivity index (χ1n) is 13.6. The van der Waals surface area contributed by atoms with Gasteiger partial charge in [0.15, 0.2) is 23.2 Å². The number of carbonyl (C=O) groups is 2. The lowest BCUT2D eigenvalue weighted by Gasteiger charge is -2.11. The van der Waals surface area contributed by atoms with Crippen molar-refractivity contribution in [3.05, 3.63) is 108 Å². The number of methoxy groups -OCH3 is 2. The highest BCUT2D eigenvalue weighted by Gasteiger charge is 2.17. The average Bonchev–Trinajstić information content (AvgIpc) is 3.55. The Morgan fingerprint density at radius 2 is 1.36 bits per heavy atom. The molecule has 0 spiro atoms. The Bertz CT molecular complexity index is 1960. The first-order valence-corrected chi connectivity index (χ1v) is 14.5. The van der Waals surface area contributed by atoms with Gasteiger partial charge in [-0.2, -0.15) is 0 Å². The monoisotopic (exact) mass is 602 g/mol. The molecule has 2 heterocycles. The van der Waals surface area contributed by atoms with Gasteiger partial charge in [0, 0.05) is 22.1 Å². The van der Waals surface area contributed by atoms with Crippen LogP contribution in [0.3, 0.4) is 0 Å². The summed E-state index contributed by atoms with van der Waals surface area (Å²) in [6.45, 7) is -0.476. The van der Waals surface area contributed by atoms with Gasteiger partial charge in [0.05, 0.1) is 47.9 Å². The summed E-state index contributed by atoms with van der Waals surface area (Å²) in [6.07, 6.45) is 0. The molecule has 0 atom stereocenters. The first kappa shape index (κ1) is 28.5. The van der Waals surface area contributed by atoms with Crippen LogP contribution in [-0.4, -0.2) is 47.7 Å². The molecule has 0 radical (unpaired) electrons. The zero-order valence-electron chi connectivity index (χ0n) is 23.8. The van der Waals surface area contributed by atoms with Crippen molar-refractivity contribution in [2.24, 2.45) is 0 Å². The van der Waals surface area contributed by atoms with Crippen LogP contribution in [0.4, 0.5) is 5.13 Å². The Balaban J connectivity index is 1.16. The summed E-state index contributed by atoms with van der Waals surface area (Å²) >= 11 is 1.26. The van der Waals surface area contributed by atoms with E-state index in [1.807, 2.05) is 72.1 Å². The smallest absolute Gasteiger partial charge is 0.338 e. The summed E-state index contributed by atoms with van der Waals surface area (Å²) in [4.78, 5) is 39.7. The predicted molar refractivity (Wildman–Crippen MR) is 170 cm³/mol. The minimum absolute atomic E-state index is 0.260. The van der Waals surface area contributed by atoms with Crippen LogP contribution >= 0.6 is 11.3 Å². The number of fused-ring (bicyclic) bond motifs is 1. The Labute approximate surface area is 257 Å². The van der Waals surface area contributed by atoms with Gasteiger partial charge in [0.1, 0.15) is 0 Å². The molecular weight excluding hydrogens is 576 g/mol. The molecule has 2 aromatic heterocycles. The van der Waals surface area contributed by atoms with E-state index in [9.17, 15) is 9.59 Å². The number of nitrogens with zero attached hydrogens (tertiary/aromatic N) is 3. The minimum Gasteiger partial charge on any atom is -0.493 e. The maximum absolute atomic E-state index is 12.9. The van der Waals surface area contributed by atoms with Crippen molar-refractivity contribution in [2.45, 2.75) is 0 Å². The third-order valence-electron chi connectivity index (χ3n) is 6.76. The van der Waals surface area contributed by atoms with Gasteiger partial charge in [-0.1, -0.05) is 60.7 Å². The molecule has 6 aromatic rings. The molecule has 0 bridgehead atoms. The lowest BCUT2D eigenvalue weighted by Crippen LogP contribution is -2.20. The largest absolute Gasteiger partial charge is 0.493 e. The SMILES string of the molecule is COc1ccc(-c2csc(NC(=O)COC(=O)c3ccc4nc(-c5ccccc5)c(-c5ccccc5)nc4c3)n2)cc1OC. The highest BCUT2D eigenvalue weighted by molar-refractivity contribution is 7.14. The molecular formula is C34H26N4O5S. The van der Waals surface area contributed by atoms with Crippen LogP contribution in [0.15, 0.2) is 102 Å². The third-order valence-corrected chi connectivity index (χ3v) is 7.52. The predicted octanol–water partition coefficient (Wildman–Crippen LogP) is 6.90. The molecule has 9 nitrogen and oxygen atoms in total. The number of hydrogen-bond acceptors (Lipinski definition) is 9. The standard InChI is InChI=1S/C34H26N4O5S/c1-41-28-16-14-23(18-29(28)42-2)27-20-44-34(37-27)38-30(39)19-43-33(40)24-13-15-25-26(17-24)36-32(22-11-7-4-8-12-22)31(35-25)21-9-5-3-6-10-21/h3-18,20H,19H2,1-2H3,(H,37,38,39). The number of rotatable bonds is 9. The second-order valence-electron chi connectivity index (χ2n) is 9.59. The molecule has 6 rings (SSSR count). The number of carbonyl (C=O) groups excluding carboxylic acids is 2. The van der Waals surface area contributed by atoms with E-state index in [4.69, 9.17) is 24.2 Å². The molecule has 0 aliphatic carbocycles. The van der Waals surface area contributed by atoms with Gasteiger partial charge in [0.25, 0.3) is 5.91 Å². The van der Waals surface area contributed by atoms with E-state index in [1.165, 1.54) is 11.3 Å². The fourth-order valence-electron chi connectivity index (χ4n) is 4.60. The molecule has 0 aliphatic rings. The summed E-state index contributed by atoms with van der Waals surface area (Å²) in [7, 11) is 3.13. The van der Waals surface area contributed by atoms with Crippen molar-refractivity contribution >= 4 is 39.4 Å². The first-order chi connectivity index (χ1) is 21.5. The normalized spacial score (nSPS) is 10.8. The number of hydrogen-bond donors (Lipinski definition) is 1. The summed E-state index contributed by atoms with van der Waals surface area (Å²) in [5, 5.41) is 4.87. The second kappa shape index (κ2) is 12.7. The van der Waals surface area contributed by atoms with Gasteiger partial charge in [-0.3, -0.25) is 10.1 Å². The van der Waals surface area contributed by atoms with Crippen molar-refractivity contribution in [1.82, 2.24) is 15.0 Å².